The van der Waals surface area contributed by atoms with Gasteiger partial charge in [0.25, 0.3) is 0 Å². The monoisotopic (exact) mass is 501 g/mol. The minimum Gasteiger partial charge on any atom is -0.444 e. The SMILES string of the molecule is CCCCCNC(=O)C(c1ccc(C)cc1)N(C(=O)C(CC(C)C)NC(=O)OC(C)(C)C)C1CCC1. The van der Waals surface area contributed by atoms with E-state index in [9.17, 15) is 14.4 Å². The predicted octanol–water partition coefficient (Wildman–Crippen LogP) is 5.66. The van der Waals surface area contributed by atoms with Crippen LogP contribution in [0, 0.1) is 12.8 Å². The van der Waals surface area contributed by atoms with Gasteiger partial charge in [0.2, 0.25) is 11.8 Å². The summed E-state index contributed by atoms with van der Waals surface area (Å²) in [5.41, 5.74) is 1.20. The Hall–Kier alpha value is -2.57. The van der Waals surface area contributed by atoms with E-state index >= 15 is 0 Å². The largest absolute Gasteiger partial charge is 0.444 e. The molecule has 1 aliphatic carbocycles. The summed E-state index contributed by atoms with van der Waals surface area (Å²) < 4.78 is 5.46. The van der Waals surface area contributed by atoms with Crippen LogP contribution in [0.25, 0.3) is 0 Å². The fourth-order valence-corrected chi connectivity index (χ4v) is 4.38. The van der Waals surface area contributed by atoms with Crippen molar-refractivity contribution < 1.29 is 19.1 Å². The Morgan fingerprint density at radius 3 is 2.22 bits per heavy atom. The van der Waals surface area contributed by atoms with E-state index in [4.69, 9.17) is 4.74 Å². The highest BCUT2D eigenvalue weighted by Gasteiger charge is 2.42. The van der Waals surface area contributed by atoms with Gasteiger partial charge in [-0.3, -0.25) is 9.59 Å². The molecule has 1 aliphatic rings. The molecule has 0 saturated heterocycles. The van der Waals surface area contributed by atoms with E-state index in [0.717, 1.165) is 49.7 Å². The number of benzene rings is 1. The van der Waals surface area contributed by atoms with E-state index in [-0.39, 0.29) is 23.8 Å². The first-order valence-electron chi connectivity index (χ1n) is 13.6. The molecule has 1 aromatic rings. The molecule has 2 unspecified atom stereocenters. The number of rotatable bonds is 12. The van der Waals surface area contributed by atoms with Crippen LogP contribution in [0.2, 0.25) is 0 Å². The minimum absolute atomic E-state index is 0.0414. The van der Waals surface area contributed by atoms with Gasteiger partial charge in [-0.25, -0.2) is 4.79 Å². The van der Waals surface area contributed by atoms with Gasteiger partial charge in [0.1, 0.15) is 17.7 Å². The highest BCUT2D eigenvalue weighted by molar-refractivity contribution is 5.92. The van der Waals surface area contributed by atoms with Crippen molar-refractivity contribution in [2.45, 2.75) is 117 Å². The molecule has 0 heterocycles. The highest BCUT2D eigenvalue weighted by Crippen LogP contribution is 2.34. The maximum Gasteiger partial charge on any atom is 0.408 e. The number of alkyl carbamates (subject to hydrolysis) is 1. The molecule has 36 heavy (non-hydrogen) atoms. The van der Waals surface area contributed by atoms with Gasteiger partial charge in [-0.05, 0) is 71.3 Å². The number of unbranched alkanes of at least 4 members (excludes halogenated alkanes) is 2. The molecule has 2 atom stereocenters. The Balaban J connectivity index is 2.41. The third-order valence-corrected chi connectivity index (χ3v) is 6.42. The number of carbonyl (C=O) groups excluding carboxylic acids is 3. The zero-order valence-corrected chi connectivity index (χ0v) is 23.4. The van der Waals surface area contributed by atoms with Crippen LogP contribution in [-0.4, -0.2) is 47.0 Å². The summed E-state index contributed by atoms with van der Waals surface area (Å²) in [5.74, 6) is -0.234. The van der Waals surface area contributed by atoms with Gasteiger partial charge in [-0.1, -0.05) is 63.4 Å². The van der Waals surface area contributed by atoms with Crippen molar-refractivity contribution in [3.63, 3.8) is 0 Å². The molecule has 2 N–H and O–H groups in total. The normalized spacial score (nSPS) is 15.6. The summed E-state index contributed by atoms with van der Waals surface area (Å²) >= 11 is 0. The van der Waals surface area contributed by atoms with Crippen molar-refractivity contribution in [3.05, 3.63) is 35.4 Å². The van der Waals surface area contributed by atoms with Crippen LogP contribution in [0.1, 0.15) is 104 Å². The first kappa shape index (κ1) is 29.7. The molecule has 3 amide bonds. The van der Waals surface area contributed by atoms with Crippen LogP contribution in [-0.2, 0) is 14.3 Å². The number of aryl methyl sites for hydroxylation is 1. The topological polar surface area (TPSA) is 87.7 Å². The molecule has 1 aromatic carbocycles. The molecule has 202 valence electrons. The number of amides is 3. The van der Waals surface area contributed by atoms with Gasteiger partial charge in [0, 0.05) is 12.6 Å². The molecule has 0 radical (unpaired) electrons. The van der Waals surface area contributed by atoms with Crippen LogP contribution < -0.4 is 10.6 Å². The standard InChI is InChI=1S/C29H47N3O4/c1-8-9-10-18-30-26(33)25(22-16-14-21(4)15-17-22)32(23-12-11-13-23)27(34)24(19-20(2)3)31-28(35)36-29(5,6)7/h14-17,20,23-25H,8-13,18-19H2,1-7H3,(H,30,33)(H,31,35). The number of nitrogens with zero attached hydrogens (tertiary/aromatic N) is 1. The molecule has 7 heteroatoms. The summed E-state index contributed by atoms with van der Waals surface area (Å²) in [5, 5.41) is 5.89. The molecule has 0 bridgehead atoms. The van der Waals surface area contributed by atoms with Crippen molar-refractivity contribution in [2.24, 2.45) is 5.92 Å². The second-order valence-corrected chi connectivity index (χ2v) is 11.5. The molecule has 0 spiro atoms. The van der Waals surface area contributed by atoms with E-state index in [1.54, 1.807) is 25.7 Å². The van der Waals surface area contributed by atoms with Gasteiger partial charge in [-0.2, -0.15) is 0 Å². The maximum absolute atomic E-state index is 14.2. The van der Waals surface area contributed by atoms with Crippen molar-refractivity contribution >= 4 is 17.9 Å². The lowest BCUT2D eigenvalue weighted by Gasteiger charge is -2.43. The van der Waals surface area contributed by atoms with Crippen LogP contribution in [0.4, 0.5) is 4.79 Å². The predicted molar refractivity (Wildman–Crippen MR) is 144 cm³/mol. The van der Waals surface area contributed by atoms with E-state index in [2.05, 4.69) is 17.6 Å². The molecule has 0 aliphatic heterocycles. The Kier molecular flexibility index (Phi) is 11.3. The first-order valence-corrected chi connectivity index (χ1v) is 13.6. The van der Waals surface area contributed by atoms with E-state index in [1.165, 1.54) is 0 Å². The lowest BCUT2D eigenvalue weighted by molar-refractivity contribution is -0.147. The van der Waals surface area contributed by atoms with Crippen LogP contribution in [0.3, 0.4) is 0 Å². The molecular formula is C29H47N3O4. The fraction of sp³-hybridized carbons (Fsp3) is 0.690. The van der Waals surface area contributed by atoms with E-state index in [1.807, 2.05) is 45.0 Å². The van der Waals surface area contributed by atoms with Crippen molar-refractivity contribution in [1.29, 1.82) is 0 Å². The van der Waals surface area contributed by atoms with Crippen LogP contribution in [0.15, 0.2) is 24.3 Å². The lowest BCUT2D eigenvalue weighted by Crippen LogP contribution is -2.57. The molecular weight excluding hydrogens is 454 g/mol. The number of carbonyl (C=O) groups is 3. The minimum atomic E-state index is -0.777. The third-order valence-electron chi connectivity index (χ3n) is 6.42. The molecule has 0 aromatic heterocycles. The Morgan fingerprint density at radius 2 is 1.72 bits per heavy atom. The Labute approximate surface area is 217 Å². The molecule has 2 rings (SSSR count). The maximum atomic E-state index is 14.2. The van der Waals surface area contributed by atoms with Gasteiger partial charge < -0.3 is 20.3 Å². The third kappa shape index (κ3) is 9.14. The number of hydrogen-bond donors (Lipinski definition) is 2. The average molecular weight is 502 g/mol. The number of hydrogen-bond acceptors (Lipinski definition) is 4. The summed E-state index contributed by atoms with van der Waals surface area (Å²) in [6, 6.07) is 6.25. The van der Waals surface area contributed by atoms with Crippen molar-refractivity contribution in [1.82, 2.24) is 15.5 Å². The Morgan fingerprint density at radius 1 is 1.08 bits per heavy atom. The van der Waals surface area contributed by atoms with Crippen LogP contribution >= 0.6 is 0 Å². The number of nitrogens with one attached hydrogen (secondary N) is 2. The van der Waals surface area contributed by atoms with Gasteiger partial charge >= 0.3 is 6.09 Å². The quantitative estimate of drug-likeness (QED) is 0.362. The zero-order valence-electron chi connectivity index (χ0n) is 23.4. The highest BCUT2D eigenvalue weighted by atomic mass is 16.6. The summed E-state index contributed by atoms with van der Waals surface area (Å²) in [6.45, 7) is 14.1. The Bertz CT molecular complexity index is 856. The first-order chi connectivity index (χ1) is 16.9. The molecule has 1 fully saturated rings. The fourth-order valence-electron chi connectivity index (χ4n) is 4.38. The lowest BCUT2D eigenvalue weighted by atomic mass is 9.87. The van der Waals surface area contributed by atoms with Crippen molar-refractivity contribution in [3.8, 4) is 0 Å². The van der Waals surface area contributed by atoms with Crippen molar-refractivity contribution in [2.75, 3.05) is 6.54 Å². The van der Waals surface area contributed by atoms with Gasteiger partial charge in [0.05, 0.1) is 0 Å². The second kappa shape index (κ2) is 13.7. The van der Waals surface area contributed by atoms with Crippen LogP contribution in [0.5, 0.6) is 0 Å². The average Bonchev–Trinajstić information content (AvgIpc) is 2.73. The second-order valence-electron chi connectivity index (χ2n) is 11.5. The number of ether oxygens (including phenoxy) is 1. The van der Waals surface area contributed by atoms with E-state index in [0.29, 0.717) is 13.0 Å². The molecule has 7 nitrogen and oxygen atoms in total. The summed E-state index contributed by atoms with van der Waals surface area (Å²) in [4.78, 5) is 42.2. The summed E-state index contributed by atoms with van der Waals surface area (Å²) in [6.07, 6.45) is 5.55. The summed E-state index contributed by atoms with van der Waals surface area (Å²) in [7, 11) is 0. The van der Waals surface area contributed by atoms with E-state index < -0.39 is 23.8 Å². The molecule has 1 saturated carbocycles. The zero-order chi connectivity index (χ0) is 26.9. The smallest absolute Gasteiger partial charge is 0.408 e. The van der Waals surface area contributed by atoms with Gasteiger partial charge in [0.15, 0.2) is 0 Å². The van der Waals surface area contributed by atoms with Gasteiger partial charge in [-0.15, -0.1) is 0 Å².